The monoisotopic (exact) mass is 704 g/mol. The summed E-state index contributed by atoms with van der Waals surface area (Å²) in [5, 5.41) is 5.09. The predicted octanol–water partition coefficient (Wildman–Crippen LogP) is 3.33. The number of carbonyl (C=O) groups is 8. The lowest BCUT2D eigenvalue weighted by Crippen LogP contribution is -2.34. The highest BCUT2D eigenvalue weighted by Gasteiger charge is 2.20. The molecule has 2 N–H and O–H groups in total. The van der Waals surface area contributed by atoms with Gasteiger partial charge in [-0.15, -0.1) is 0 Å². The normalized spacial score (nSPS) is 10.6. The van der Waals surface area contributed by atoms with E-state index in [4.69, 9.17) is 28.4 Å². The van der Waals surface area contributed by atoms with E-state index < -0.39 is 47.6 Å². The van der Waals surface area contributed by atoms with Crippen LogP contribution in [0.3, 0.4) is 0 Å². The Kier molecular flexibility index (Phi) is 13.3. The number of hydrogen-bond acceptors (Lipinski definition) is 14. The van der Waals surface area contributed by atoms with Crippen LogP contribution < -0.4 is 39.1 Å². The molecule has 16 heteroatoms. The topological polar surface area (TPSA) is 216 Å². The van der Waals surface area contributed by atoms with Crippen LogP contribution in [0.5, 0.6) is 34.5 Å². The second-order valence-electron chi connectivity index (χ2n) is 10.4. The Bertz CT molecular complexity index is 1950. The van der Waals surface area contributed by atoms with Gasteiger partial charge in [0.15, 0.2) is 34.5 Å². The Morgan fingerprint density at radius 1 is 0.510 bits per heavy atom. The summed E-state index contributed by atoms with van der Waals surface area (Å²) in [5.41, 5.74) is 0.153. The quantitative estimate of drug-likeness (QED) is 0.157. The van der Waals surface area contributed by atoms with Crippen LogP contribution in [0.2, 0.25) is 0 Å². The number of hydrogen-bond donors (Lipinski definition) is 2. The van der Waals surface area contributed by atoms with Crippen molar-refractivity contribution in [1.82, 2.24) is 10.6 Å². The van der Waals surface area contributed by atoms with E-state index in [-0.39, 0.29) is 57.9 Å². The maximum Gasteiger partial charge on any atom is 0.308 e. The van der Waals surface area contributed by atoms with Gasteiger partial charge in [-0.3, -0.25) is 38.4 Å². The van der Waals surface area contributed by atoms with Gasteiger partial charge in [0.2, 0.25) is 0 Å². The molecule has 0 aliphatic rings. The highest BCUT2D eigenvalue weighted by atomic mass is 16.6. The highest BCUT2D eigenvalue weighted by Crippen LogP contribution is 2.32. The average molecular weight is 705 g/mol. The van der Waals surface area contributed by atoms with Crippen molar-refractivity contribution >= 4 is 53.7 Å². The van der Waals surface area contributed by atoms with E-state index >= 15 is 0 Å². The van der Waals surface area contributed by atoms with Crippen molar-refractivity contribution in [2.45, 2.75) is 48.1 Å². The summed E-state index contributed by atoms with van der Waals surface area (Å²) < 4.78 is 30.6. The molecule has 2 amide bonds. The highest BCUT2D eigenvalue weighted by molar-refractivity contribution is 6.05. The van der Waals surface area contributed by atoms with Crippen molar-refractivity contribution < 1.29 is 66.8 Å². The van der Waals surface area contributed by atoms with E-state index in [2.05, 4.69) is 10.6 Å². The van der Waals surface area contributed by atoms with Crippen LogP contribution in [0.1, 0.15) is 63.0 Å². The van der Waals surface area contributed by atoms with Crippen molar-refractivity contribution in [1.29, 1.82) is 0 Å². The van der Waals surface area contributed by atoms with Crippen LogP contribution in [0, 0.1) is 0 Å². The van der Waals surface area contributed by atoms with Crippen LogP contribution in [0.4, 0.5) is 0 Å². The Hall–Kier alpha value is -6.84. The number of esters is 6. The first-order valence-corrected chi connectivity index (χ1v) is 14.8. The SMILES string of the molecule is CC(=O)Oc1ccc(C=C(NC(=O)c2ccc(OC(C)=O)c(OC(C)=O)c2)C(=O)NCc2ccc(OC(C)=O)c(OC(C)=O)c2)cc1OC(C)=O. The van der Waals surface area contributed by atoms with Crippen molar-refractivity contribution in [3.63, 3.8) is 0 Å². The van der Waals surface area contributed by atoms with Gasteiger partial charge in [-0.05, 0) is 59.7 Å². The second kappa shape index (κ2) is 17.5. The Labute approximate surface area is 290 Å². The zero-order chi connectivity index (χ0) is 37.8. The van der Waals surface area contributed by atoms with Crippen LogP contribution in [-0.2, 0) is 40.1 Å². The molecule has 0 radical (unpaired) electrons. The summed E-state index contributed by atoms with van der Waals surface area (Å²) >= 11 is 0. The summed E-state index contributed by atoms with van der Waals surface area (Å²) in [4.78, 5) is 96.7. The van der Waals surface area contributed by atoms with Gasteiger partial charge in [0.25, 0.3) is 11.8 Å². The van der Waals surface area contributed by atoms with E-state index in [1.165, 1.54) is 61.5 Å². The van der Waals surface area contributed by atoms with Crippen LogP contribution in [0.25, 0.3) is 6.08 Å². The lowest BCUT2D eigenvalue weighted by Gasteiger charge is -2.14. The lowest BCUT2D eigenvalue weighted by molar-refractivity contribution is -0.134. The van der Waals surface area contributed by atoms with E-state index in [0.29, 0.717) is 5.56 Å². The van der Waals surface area contributed by atoms with Gasteiger partial charge < -0.3 is 39.1 Å². The number of rotatable bonds is 12. The van der Waals surface area contributed by atoms with E-state index in [1.807, 2.05) is 0 Å². The molecule has 3 aromatic carbocycles. The summed E-state index contributed by atoms with van der Waals surface area (Å²) in [5.74, 6) is -6.69. The van der Waals surface area contributed by atoms with E-state index in [9.17, 15) is 38.4 Å². The van der Waals surface area contributed by atoms with Gasteiger partial charge in [0.1, 0.15) is 5.70 Å². The fraction of sp³-hybridized carbons (Fsp3) is 0.200. The minimum absolute atomic E-state index is 0.0331. The molecular weight excluding hydrogens is 672 g/mol. The third kappa shape index (κ3) is 12.3. The molecule has 0 atom stereocenters. The zero-order valence-electron chi connectivity index (χ0n) is 28.2. The van der Waals surface area contributed by atoms with Crippen LogP contribution in [0.15, 0.2) is 60.3 Å². The van der Waals surface area contributed by atoms with Crippen molar-refractivity contribution in [2.24, 2.45) is 0 Å². The van der Waals surface area contributed by atoms with Crippen molar-refractivity contribution in [2.75, 3.05) is 0 Å². The molecule has 3 aromatic rings. The molecule has 3 rings (SSSR count). The summed E-state index contributed by atoms with van der Waals surface area (Å²) in [6, 6.07) is 11.8. The molecule has 0 aliphatic carbocycles. The molecule has 0 aromatic heterocycles. The number of nitrogens with one attached hydrogen (secondary N) is 2. The average Bonchev–Trinajstić information content (AvgIpc) is 3.01. The standard InChI is InChI=1S/C35H32N2O14/c1-18(38)46-28-10-7-24(14-31(28)49-21(4)41)13-27(37-34(44)26-9-12-30(48-20(3)40)33(16-26)51-23(6)43)35(45)36-17-25-8-11-29(47-19(2)39)32(15-25)50-22(5)42/h7-16H,17H2,1-6H3,(H,36,45)(H,37,44). The molecule has 0 unspecified atom stereocenters. The lowest BCUT2D eigenvalue weighted by atomic mass is 10.1. The molecular formula is C35H32N2O14. The molecule has 16 nitrogen and oxygen atoms in total. The maximum absolute atomic E-state index is 13.6. The van der Waals surface area contributed by atoms with Gasteiger partial charge in [-0.1, -0.05) is 12.1 Å². The molecule has 0 saturated carbocycles. The van der Waals surface area contributed by atoms with Gasteiger partial charge in [-0.2, -0.15) is 0 Å². The number of amides is 2. The fourth-order valence-electron chi connectivity index (χ4n) is 4.14. The Balaban J connectivity index is 2.03. The number of ether oxygens (including phenoxy) is 6. The second-order valence-corrected chi connectivity index (χ2v) is 10.4. The van der Waals surface area contributed by atoms with Gasteiger partial charge in [-0.25, -0.2) is 0 Å². The molecule has 0 aliphatic heterocycles. The van der Waals surface area contributed by atoms with Crippen molar-refractivity contribution in [3.05, 3.63) is 77.0 Å². The van der Waals surface area contributed by atoms with Gasteiger partial charge >= 0.3 is 35.8 Å². The van der Waals surface area contributed by atoms with E-state index in [1.54, 1.807) is 0 Å². The minimum Gasteiger partial charge on any atom is -0.423 e. The maximum atomic E-state index is 13.6. The number of benzene rings is 3. The molecule has 0 fully saturated rings. The first-order chi connectivity index (χ1) is 24.0. The molecule has 0 heterocycles. The summed E-state index contributed by atoms with van der Waals surface area (Å²) in [7, 11) is 0. The first-order valence-electron chi connectivity index (χ1n) is 14.8. The smallest absolute Gasteiger partial charge is 0.308 e. The summed E-state index contributed by atoms with van der Waals surface area (Å²) in [6.07, 6.45) is 1.23. The van der Waals surface area contributed by atoms with Crippen LogP contribution >= 0.6 is 0 Å². The van der Waals surface area contributed by atoms with Gasteiger partial charge in [0.05, 0.1) is 0 Å². The van der Waals surface area contributed by atoms with Crippen molar-refractivity contribution in [3.8, 4) is 34.5 Å². The van der Waals surface area contributed by atoms with Gasteiger partial charge in [0, 0.05) is 53.7 Å². The molecule has 0 saturated heterocycles. The minimum atomic E-state index is -0.862. The number of carbonyl (C=O) groups excluding carboxylic acids is 8. The molecule has 266 valence electrons. The third-order valence-corrected chi connectivity index (χ3v) is 5.96. The van der Waals surface area contributed by atoms with E-state index in [0.717, 1.165) is 40.7 Å². The fourth-order valence-corrected chi connectivity index (χ4v) is 4.14. The largest absolute Gasteiger partial charge is 0.423 e. The predicted molar refractivity (Wildman–Crippen MR) is 174 cm³/mol. The molecule has 0 spiro atoms. The zero-order valence-corrected chi connectivity index (χ0v) is 28.2. The Morgan fingerprint density at radius 2 is 0.922 bits per heavy atom. The molecule has 0 bridgehead atoms. The summed E-state index contributed by atoms with van der Waals surface area (Å²) in [6.45, 7) is 6.64. The van der Waals surface area contributed by atoms with Crippen LogP contribution in [-0.4, -0.2) is 47.6 Å². The first kappa shape index (κ1) is 38.6. The third-order valence-electron chi connectivity index (χ3n) is 5.96. The Morgan fingerprint density at radius 3 is 1.41 bits per heavy atom. The molecule has 51 heavy (non-hydrogen) atoms.